The van der Waals surface area contributed by atoms with E-state index in [0.29, 0.717) is 23.6 Å². The number of carbonyl (C=O) groups excluding carboxylic acids is 1. The molecular weight excluding hydrogens is 144 g/mol. The Morgan fingerprint density at radius 3 is 2.91 bits per heavy atom. The molecule has 0 saturated heterocycles. The second kappa shape index (κ2) is 3.09. The van der Waals surface area contributed by atoms with Crippen LogP contribution in [0.25, 0.3) is 0 Å². The van der Waals surface area contributed by atoms with Crippen LogP contribution in [0.2, 0.25) is 0 Å². The van der Waals surface area contributed by atoms with Crippen LogP contribution >= 0.6 is 0 Å². The van der Waals surface area contributed by atoms with Crippen LogP contribution in [0.4, 0.5) is 0 Å². The molecule has 58 valence electrons. The number of aldehydes is 1. The van der Waals surface area contributed by atoms with Gasteiger partial charge in [0.15, 0.2) is 12.0 Å². The lowest BCUT2D eigenvalue weighted by molar-refractivity contribution is 0.111. The first-order valence-corrected chi connectivity index (χ1v) is 3.10. The van der Waals surface area contributed by atoms with Crippen LogP contribution in [0.15, 0.2) is 6.20 Å². The summed E-state index contributed by atoms with van der Waals surface area (Å²) >= 11 is 0. The standard InChI is InChI=1S/C7H8N2O2/c1-5-8-3-7(11-2)6(4-10)9-5/h3-4H,1-2H3. The molecule has 1 aromatic rings. The van der Waals surface area contributed by atoms with Gasteiger partial charge in [-0.25, -0.2) is 9.97 Å². The van der Waals surface area contributed by atoms with Gasteiger partial charge >= 0.3 is 0 Å². The summed E-state index contributed by atoms with van der Waals surface area (Å²) < 4.78 is 4.83. The maximum Gasteiger partial charge on any atom is 0.172 e. The first kappa shape index (κ1) is 7.65. The average Bonchev–Trinajstić information content (AvgIpc) is 2.04. The molecule has 0 aliphatic carbocycles. The third kappa shape index (κ3) is 1.52. The molecule has 0 aliphatic heterocycles. The third-order valence-electron chi connectivity index (χ3n) is 1.23. The van der Waals surface area contributed by atoms with E-state index in [1.807, 2.05) is 0 Å². The lowest BCUT2D eigenvalue weighted by atomic mass is 10.4. The fraction of sp³-hybridized carbons (Fsp3) is 0.286. The smallest absolute Gasteiger partial charge is 0.172 e. The Morgan fingerprint density at radius 1 is 1.64 bits per heavy atom. The summed E-state index contributed by atoms with van der Waals surface area (Å²) in [6, 6.07) is 0. The summed E-state index contributed by atoms with van der Waals surface area (Å²) in [5, 5.41) is 0. The lowest BCUT2D eigenvalue weighted by Gasteiger charge is -2.00. The summed E-state index contributed by atoms with van der Waals surface area (Å²) in [5.74, 6) is 0.971. The molecule has 4 nitrogen and oxygen atoms in total. The molecular formula is C7H8N2O2. The van der Waals surface area contributed by atoms with E-state index in [-0.39, 0.29) is 0 Å². The molecule has 0 aliphatic rings. The van der Waals surface area contributed by atoms with Gasteiger partial charge in [-0.05, 0) is 6.92 Å². The SMILES string of the molecule is COc1cnc(C)nc1C=O. The Balaban J connectivity index is 3.16. The first-order chi connectivity index (χ1) is 5.27. The van der Waals surface area contributed by atoms with Gasteiger partial charge in [0.25, 0.3) is 0 Å². The molecule has 1 rings (SSSR count). The van der Waals surface area contributed by atoms with Crippen molar-refractivity contribution in [2.75, 3.05) is 7.11 Å². The number of carbonyl (C=O) groups is 1. The van der Waals surface area contributed by atoms with Crippen LogP contribution in [0.1, 0.15) is 16.3 Å². The highest BCUT2D eigenvalue weighted by Gasteiger charge is 2.02. The van der Waals surface area contributed by atoms with E-state index >= 15 is 0 Å². The number of hydrogen-bond donors (Lipinski definition) is 0. The zero-order chi connectivity index (χ0) is 8.27. The maximum absolute atomic E-state index is 10.4. The topological polar surface area (TPSA) is 52.1 Å². The van der Waals surface area contributed by atoms with Crippen LogP contribution in [-0.2, 0) is 0 Å². The Bertz CT molecular complexity index is 273. The molecule has 1 heterocycles. The van der Waals surface area contributed by atoms with E-state index in [0.717, 1.165) is 0 Å². The van der Waals surface area contributed by atoms with Crippen molar-refractivity contribution in [1.82, 2.24) is 9.97 Å². The van der Waals surface area contributed by atoms with Gasteiger partial charge in [0, 0.05) is 0 Å². The van der Waals surface area contributed by atoms with Crippen molar-refractivity contribution < 1.29 is 9.53 Å². The number of ether oxygens (including phenoxy) is 1. The fourth-order valence-electron chi connectivity index (χ4n) is 0.718. The molecule has 11 heavy (non-hydrogen) atoms. The highest BCUT2D eigenvalue weighted by atomic mass is 16.5. The van der Waals surface area contributed by atoms with Gasteiger partial charge < -0.3 is 4.74 Å². The monoisotopic (exact) mass is 152 g/mol. The first-order valence-electron chi connectivity index (χ1n) is 3.10. The summed E-state index contributed by atoms with van der Waals surface area (Å²) in [6.45, 7) is 1.71. The zero-order valence-electron chi connectivity index (χ0n) is 6.37. The molecule has 0 aromatic carbocycles. The van der Waals surface area contributed by atoms with Gasteiger partial charge in [-0.1, -0.05) is 0 Å². The summed E-state index contributed by atoms with van der Waals surface area (Å²) in [7, 11) is 1.47. The van der Waals surface area contributed by atoms with E-state index in [9.17, 15) is 4.79 Å². The number of rotatable bonds is 2. The van der Waals surface area contributed by atoms with Crippen molar-refractivity contribution in [3.8, 4) is 5.75 Å². The Kier molecular flexibility index (Phi) is 2.15. The van der Waals surface area contributed by atoms with Gasteiger partial charge in [-0.2, -0.15) is 0 Å². The Hall–Kier alpha value is -1.45. The van der Waals surface area contributed by atoms with E-state index in [1.165, 1.54) is 13.3 Å². The van der Waals surface area contributed by atoms with Crippen molar-refractivity contribution in [2.24, 2.45) is 0 Å². The molecule has 0 fully saturated rings. The number of hydrogen-bond acceptors (Lipinski definition) is 4. The second-order valence-electron chi connectivity index (χ2n) is 1.99. The van der Waals surface area contributed by atoms with E-state index in [2.05, 4.69) is 9.97 Å². The van der Waals surface area contributed by atoms with Crippen molar-refractivity contribution >= 4 is 6.29 Å². The third-order valence-corrected chi connectivity index (χ3v) is 1.23. The zero-order valence-corrected chi connectivity index (χ0v) is 6.37. The predicted octanol–water partition coefficient (Wildman–Crippen LogP) is 0.606. The minimum atomic E-state index is 0.292. The quantitative estimate of drug-likeness (QED) is 0.582. The number of nitrogens with zero attached hydrogens (tertiary/aromatic N) is 2. The minimum absolute atomic E-state index is 0.292. The summed E-state index contributed by atoms with van der Waals surface area (Å²) in [5.41, 5.74) is 0.292. The van der Waals surface area contributed by atoms with Crippen LogP contribution < -0.4 is 4.74 Å². The van der Waals surface area contributed by atoms with E-state index < -0.39 is 0 Å². The molecule has 0 unspecified atom stereocenters. The van der Waals surface area contributed by atoms with Crippen molar-refractivity contribution in [3.05, 3.63) is 17.7 Å². The molecule has 0 amide bonds. The molecule has 0 bridgehead atoms. The van der Waals surface area contributed by atoms with E-state index in [4.69, 9.17) is 4.74 Å². The minimum Gasteiger partial charge on any atom is -0.493 e. The second-order valence-corrected chi connectivity index (χ2v) is 1.99. The summed E-state index contributed by atoms with van der Waals surface area (Å²) in [6.07, 6.45) is 2.12. The Morgan fingerprint density at radius 2 is 2.36 bits per heavy atom. The molecule has 0 saturated carbocycles. The largest absolute Gasteiger partial charge is 0.493 e. The van der Waals surface area contributed by atoms with Crippen LogP contribution in [0.3, 0.4) is 0 Å². The van der Waals surface area contributed by atoms with Crippen LogP contribution in [0.5, 0.6) is 5.75 Å². The normalized spacial score (nSPS) is 9.27. The molecule has 0 N–H and O–H groups in total. The van der Waals surface area contributed by atoms with Gasteiger partial charge in [-0.3, -0.25) is 4.79 Å². The van der Waals surface area contributed by atoms with Gasteiger partial charge in [0.1, 0.15) is 11.5 Å². The highest BCUT2D eigenvalue weighted by molar-refractivity contribution is 5.75. The number of methoxy groups -OCH3 is 1. The maximum atomic E-state index is 10.4. The molecule has 1 aromatic heterocycles. The average molecular weight is 152 g/mol. The predicted molar refractivity (Wildman–Crippen MR) is 38.7 cm³/mol. The number of aromatic nitrogens is 2. The van der Waals surface area contributed by atoms with Crippen LogP contribution in [0, 0.1) is 6.92 Å². The molecule has 0 atom stereocenters. The van der Waals surface area contributed by atoms with Crippen molar-refractivity contribution in [2.45, 2.75) is 6.92 Å². The summed E-state index contributed by atoms with van der Waals surface area (Å²) in [4.78, 5) is 18.1. The van der Waals surface area contributed by atoms with Gasteiger partial charge in [-0.15, -0.1) is 0 Å². The molecule has 4 heteroatoms. The highest BCUT2D eigenvalue weighted by Crippen LogP contribution is 2.10. The van der Waals surface area contributed by atoms with Gasteiger partial charge in [0.05, 0.1) is 13.3 Å². The number of aryl methyl sites for hydroxylation is 1. The van der Waals surface area contributed by atoms with Crippen molar-refractivity contribution in [3.63, 3.8) is 0 Å². The van der Waals surface area contributed by atoms with E-state index in [1.54, 1.807) is 6.92 Å². The Labute approximate surface area is 64.2 Å². The van der Waals surface area contributed by atoms with Crippen LogP contribution in [-0.4, -0.2) is 23.4 Å². The molecule has 0 radical (unpaired) electrons. The lowest BCUT2D eigenvalue weighted by Crippen LogP contribution is -1.97. The fourth-order valence-corrected chi connectivity index (χ4v) is 0.718. The van der Waals surface area contributed by atoms with Crippen molar-refractivity contribution in [1.29, 1.82) is 0 Å². The molecule has 0 spiro atoms. The van der Waals surface area contributed by atoms with Gasteiger partial charge in [0.2, 0.25) is 0 Å².